The first kappa shape index (κ1) is 22.7. The maximum Gasteiger partial charge on any atom is 0.313 e. The molecule has 1 N–H and O–H groups in total. The Hall–Kier alpha value is -4.44. The van der Waals surface area contributed by atoms with E-state index in [-0.39, 0.29) is 33.9 Å². The van der Waals surface area contributed by atoms with E-state index in [2.05, 4.69) is 15.4 Å². The number of nitro groups is 1. The molecule has 0 aliphatic rings. The standard InChI is InChI=1S/C23H18ClN5O5/c1-33-22-10-16(4-8-21(22)34-20-9-5-17(24)11-19(20)29(31)32)23(30)26-12-15-2-6-18(7-3-15)28-14-25-13-27-28/h2-11,13-14H,12H2,1H3,(H,26,30). The van der Waals surface area contributed by atoms with Gasteiger partial charge >= 0.3 is 5.69 Å². The van der Waals surface area contributed by atoms with Crippen LogP contribution in [0.4, 0.5) is 5.69 Å². The van der Waals surface area contributed by atoms with Crippen LogP contribution in [0.25, 0.3) is 5.69 Å². The summed E-state index contributed by atoms with van der Waals surface area (Å²) < 4.78 is 12.7. The number of ether oxygens (including phenoxy) is 2. The lowest BCUT2D eigenvalue weighted by atomic mass is 10.1. The fraction of sp³-hybridized carbons (Fsp3) is 0.0870. The van der Waals surface area contributed by atoms with Crippen molar-refractivity contribution in [3.05, 3.63) is 99.6 Å². The van der Waals surface area contributed by atoms with Crippen LogP contribution >= 0.6 is 11.6 Å². The van der Waals surface area contributed by atoms with E-state index in [1.807, 2.05) is 24.3 Å². The summed E-state index contributed by atoms with van der Waals surface area (Å²) in [6.45, 7) is 0.313. The Balaban J connectivity index is 1.45. The molecule has 0 bridgehead atoms. The van der Waals surface area contributed by atoms with Crippen LogP contribution in [0.15, 0.2) is 73.3 Å². The molecular weight excluding hydrogens is 462 g/mol. The van der Waals surface area contributed by atoms with Gasteiger partial charge in [-0.1, -0.05) is 23.7 Å². The molecule has 0 radical (unpaired) electrons. The van der Waals surface area contributed by atoms with Crippen molar-refractivity contribution in [2.24, 2.45) is 0 Å². The number of carbonyl (C=O) groups is 1. The summed E-state index contributed by atoms with van der Waals surface area (Å²) in [6, 6.07) is 16.2. The first-order valence-electron chi connectivity index (χ1n) is 9.96. The molecule has 0 saturated carbocycles. The van der Waals surface area contributed by atoms with Gasteiger partial charge in [0.05, 0.1) is 17.7 Å². The molecule has 1 aromatic heterocycles. The van der Waals surface area contributed by atoms with Gasteiger partial charge in [0.2, 0.25) is 5.75 Å². The number of nitrogens with one attached hydrogen (secondary N) is 1. The Morgan fingerprint density at radius 3 is 2.53 bits per heavy atom. The molecule has 0 unspecified atom stereocenters. The molecule has 172 valence electrons. The van der Waals surface area contributed by atoms with Gasteiger partial charge in [0.1, 0.15) is 12.7 Å². The third-order valence-electron chi connectivity index (χ3n) is 4.84. The number of carbonyl (C=O) groups excluding carboxylic acids is 1. The number of hydrogen-bond donors (Lipinski definition) is 1. The van der Waals surface area contributed by atoms with E-state index >= 15 is 0 Å². The van der Waals surface area contributed by atoms with Crippen molar-refractivity contribution < 1.29 is 19.2 Å². The van der Waals surface area contributed by atoms with E-state index in [1.165, 1.54) is 43.8 Å². The zero-order valence-electron chi connectivity index (χ0n) is 17.8. The van der Waals surface area contributed by atoms with Gasteiger partial charge < -0.3 is 14.8 Å². The van der Waals surface area contributed by atoms with E-state index in [0.717, 1.165) is 11.3 Å². The minimum atomic E-state index is -0.589. The molecule has 0 aliphatic heterocycles. The Kier molecular flexibility index (Phi) is 6.69. The Morgan fingerprint density at radius 1 is 1.09 bits per heavy atom. The predicted molar refractivity (Wildman–Crippen MR) is 124 cm³/mol. The molecule has 0 saturated heterocycles. The van der Waals surface area contributed by atoms with Gasteiger partial charge in [-0.15, -0.1) is 0 Å². The van der Waals surface area contributed by atoms with Gasteiger partial charge in [0.25, 0.3) is 5.91 Å². The van der Waals surface area contributed by atoms with Crippen LogP contribution in [-0.2, 0) is 6.54 Å². The van der Waals surface area contributed by atoms with E-state index in [1.54, 1.807) is 17.1 Å². The monoisotopic (exact) mass is 479 g/mol. The molecule has 0 spiro atoms. The van der Waals surface area contributed by atoms with Crippen LogP contribution in [0.3, 0.4) is 0 Å². The maximum atomic E-state index is 12.7. The highest BCUT2D eigenvalue weighted by Crippen LogP contribution is 2.37. The molecule has 0 fully saturated rings. The Bertz CT molecular complexity index is 1330. The molecule has 0 aliphatic carbocycles. The number of hydrogen-bond acceptors (Lipinski definition) is 7. The van der Waals surface area contributed by atoms with Crippen LogP contribution in [0.5, 0.6) is 17.2 Å². The lowest BCUT2D eigenvalue weighted by Crippen LogP contribution is -2.22. The summed E-state index contributed by atoms with van der Waals surface area (Å²) in [5, 5.41) is 18.4. The first-order chi connectivity index (χ1) is 16.4. The summed E-state index contributed by atoms with van der Waals surface area (Å²) in [4.78, 5) is 27.3. The van der Waals surface area contributed by atoms with Crippen LogP contribution in [0.1, 0.15) is 15.9 Å². The molecule has 1 heterocycles. The van der Waals surface area contributed by atoms with Crippen molar-refractivity contribution >= 4 is 23.2 Å². The number of benzene rings is 3. The van der Waals surface area contributed by atoms with E-state index in [9.17, 15) is 14.9 Å². The summed E-state index contributed by atoms with van der Waals surface area (Å²) in [5.74, 6) is 0.143. The van der Waals surface area contributed by atoms with Crippen molar-refractivity contribution in [1.29, 1.82) is 0 Å². The number of halogens is 1. The van der Waals surface area contributed by atoms with Crippen molar-refractivity contribution in [2.75, 3.05) is 7.11 Å². The second-order valence-corrected chi connectivity index (χ2v) is 7.46. The summed E-state index contributed by atoms with van der Waals surface area (Å²) in [7, 11) is 1.41. The zero-order chi connectivity index (χ0) is 24.1. The highest BCUT2D eigenvalue weighted by atomic mass is 35.5. The Morgan fingerprint density at radius 2 is 1.85 bits per heavy atom. The second-order valence-electron chi connectivity index (χ2n) is 7.03. The molecule has 10 nitrogen and oxygen atoms in total. The lowest BCUT2D eigenvalue weighted by Gasteiger charge is -2.12. The van der Waals surface area contributed by atoms with Crippen LogP contribution in [-0.4, -0.2) is 32.7 Å². The molecule has 1 amide bonds. The van der Waals surface area contributed by atoms with E-state index in [4.69, 9.17) is 21.1 Å². The lowest BCUT2D eigenvalue weighted by molar-refractivity contribution is -0.385. The average Bonchev–Trinajstić information content (AvgIpc) is 3.39. The number of nitro benzene ring substituents is 1. The van der Waals surface area contributed by atoms with E-state index in [0.29, 0.717) is 12.1 Å². The van der Waals surface area contributed by atoms with Gasteiger partial charge in [-0.05, 0) is 48.0 Å². The zero-order valence-corrected chi connectivity index (χ0v) is 18.6. The van der Waals surface area contributed by atoms with Gasteiger partial charge in [0.15, 0.2) is 11.5 Å². The third-order valence-corrected chi connectivity index (χ3v) is 5.07. The van der Waals surface area contributed by atoms with Crippen molar-refractivity contribution in [3.8, 4) is 22.9 Å². The second kappa shape index (κ2) is 10.0. The normalized spacial score (nSPS) is 10.5. The summed E-state index contributed by atoms with van der Waals surface area (Å²) in [5.41, 5.74) is 1.81. The number of nitrogens with zero attached hydrogens (tertiary/aromatic N) is 4. The summed E-state index contributed by atoms with van der Waals surface area (Å²) >= 11 is 5.85. The predicted octanol–water partition coefficient (Wildman–Crippen LogP) is 4.56. The molecule has 34 heavy (non-hydrogen) atoms. The molecule has 4 aromatic rings. The topological polar surface area (TPSA) is 121 Å². The van der Waals surface area contributed by atoms with Gasteiger partial charge in [-0.25, -0.2) is 9.67 Å². The first-order valence-corrected chi connectivity index (χ1v) is 10.3. The van der Waals surface area contributed by atoms with Crippen molar-refractivity contribution in [2.45, 2.75) is 6.54 Å². The van der Waals surface area contributed by atoms with Crippen molar-refractivity contribution in [3.63, 3.8) is 0 Å². The molecule has 0 atom stereocenters. The van der Waals surface area contributed by atoms with Crippen LogP contribution in [0, 0.1) is 10.1 Å². The fourth-order valence-electron chi connectivity index (χ4n) is 3.12. The van der Waals surface area contributed by atoms with E-state index < -0.39 is 4.92 Å². The van der Waals surface area contributed by atoms with Crippen molar-refractivity contribution in [1.82, 2.24) is 20.1 Å². The van der Waals surface area contributed by atoms with Gasteiger partial charge in [-0.3, -0.25) is 14.9 Å². The minimum Gasteiger partial charge on any atom is -0.493 e. The highest BCUT2D eigenvalue weighted by molar-refractivity contribution is 6.30. The Labute approximate surface area is 198 Å². The van der Waals surface area contributed by atoms with Crippen LogP contribution in [0.2, 0.25) is 5.02 Å². The molecule has 4 rings (SSSR count). The number of aromatic nitrogens is 3. The SMILES string of the molecule is COc1cc(C(=O)NCc2ccc(-n3cncn3)cc2)ccc1Oc1ccc(Cl)cc1[N+](=O)[O-]. The van der Waals surface area contributed by atoms with Crippen LogP contribution < -0.4 is 14.8 Å². The fourth-order valence-corrected chi connectivity index (χ4v) is 3.29. The molecule has 11 heteroatoms. The maximum absolute atomic E-state index is 12.7. The number of methoxy groups -OCH3 is 1. The summed E-state index contributed by atoms with van der Waals surface area (Å²) in [6.07, 6.45) is 3.05. The number of rotatable bonds is 8. The largest absolute Gasteiger partial charge is 0.493 e. The smallest absolute Gasteiger partial charge is 0.313 e. The van der Waals surface area contributed by atoms with Gasteiger partial charge in [-0.2, -0.15) is 5.10 Å². The number of amides is 1. The quantitative estimate of drug-likeness (QED) is 0.290. The molecular formula is C23H18ClN5O5. The van der Waals surface area contributed by atoms with Gasteiger partial charge in [0, 0.05) is 23.2 Å². The minimum absolute atomic E-state index is 0.000702. The molecule has 3 aromatic carbocycles. The average molecular weight is 480 g/mol. The highest BCUT2D eigenvalue weighted by Gasteiger charge is 2.19. The third kappa shape index (κ3) is 5.13.